The third kappa shape index (κ3) is 5.96. The molecule has 4 atom stereocenters. The molecule has 0 aliphatic heterocycles. The maximum atomic E-state index is 10.0. The van der Waals surface area contributed by atoms with Gasteiger partial charge in [-0.25, -0.2) is 0 Å². The normalized spacial score (nSPS) is 24.9. The third-order valence-corrected chi connectivity index (χ3v) is 6.59. The molecule has 0 aromatic heterocycles. The van der Waals surface area contributed by atoms with Gasteiger partial charge in [0.1, 0.15) is 7.85 Å². The van der Waals surface area contributed by atoms with Gasteiger partial charge in [-0.05, 0) is 62.2 Å². The molecule has 0 bridgehead atoms. The average Bonchev–Trinajstić information content (AvgIpc) is 3.27. The maximum absolute atomic E-state index is 10.0. The minimum Gasteiger partial charge on any atom is -0.382 e. The average molecular weight is 322 g/mol. The fraction of sp³-hybridized carbons (Fsp3) is 0.895. The van der Waals surface area contributed by atoms with E-state index in [9.17, 15) is 5.11 Å². The van der Waals surface area contributed by atoms with Crippen molar-refractivity contribution in [3.63, 3.8) is 0 Å². The Hall–Kier alpha value is 0.115. The van der Waals surface area contributed by atoms with E-state index in [-0.39, 0.29) is 0 Å². The molecular weight excluding hydrogens is 287 g/mol. The summed E-state index contributed by atoms with van der Waals surface area (Å²) < 4.78 is 0. The van der Waals surface area contributed by atoms with E-state index in [2.05, 4.69) is 39.6 Å². The van der Waals surface area contributed by atoms with Crippen LogP contribution in [0.4, 0.5) is 0 Å². The van der Waals surface area contributed by atoms with Crippen LogP contribution in [0.3, 0.4) is 0 Å². The number of unbranched alkanes of at least 4 members (excludes halogenated alkanes) is 1. The molecule has 0 spiro atoms. The highest BCUT2D eigenvalue weighted by atomic mass is 32.1. The summed E-state index contributed by atoms with van der Waals surface area (Å²) >= 11 is 4.36. The van der Waals surface area contributed by atoms with Gasteiger partial charge in [-0.1, -0.05) is 50.6 Å². The second kappa shape index (κ2) is 9.42. The molecule has 0 saturated heterocycles. The molecule has 2 aliphatic rings. The second-order valence-electron chi connectivity index (χ2n) is 7.82. The van der Waals surface area contributed by atoms with Crippen LogP contribution in [-0.2, 0) is 0 Å². The number of aliphatic hydroxyl groups is 1. The predicted octanol–water partition coefficient (Wildman–Crippen LogP) is 4.63. The van der Waals surface area contributed by atoms with Gasteiger partial charge in [0.25, 0.3) is 0 Å². The Morgan fingerprint density at radius 1 is 1.23 bits per heavy atom. The van der Waals surface area contributed by atoms with E-state index in [0.717, 1.165) is 36.4 Å². The summed E-state index contributed by atoms with van der Waals surface area (Å²) in [5.41, 5.74) is -0.448. The van der Waals surface area contributed by atoms with E-state index >= 15 is 0 Å². The van der Waals surface area contributed by atoms with Crippen LogP contribution in [0.5, 0.6) is 0 Å². The number of allylic oxidation sites excluding steroid dienone is 2. The van der Waals surface area contributed by atoms with Gasteiger partial charge < -0.3 is 5.11 Å². The summed E-state index contributed by atoms with van der Waals surface area (Å²) in [5.74, 6) is 3.80. The van der Waals surface area contributed by atoms with Crippen LogP contribution in [0, 0.1) is 23.7 Å². The zero-order valence-electron chi connectivity index (χ0n) is 14.6. The van der Waals surface area contributed by atoms with Crippen molar-refractivity contribution < 1.29 is 5.11 Å². The molecule has 1 N–H and O–H groups in total. The monoisotopic (exact) mass is 322 g/mol. The summed E-state index contributed by atoms with van der Waals surface area (Å²) in [6, 6.07) is 0. The number of aliphatic hydroxyl groups excluding tert-OH is 1. The first-order valence-electron chi connectivity index (χ1n) is 9.64. The van der Waals surface area contributed by atoms with Gasteiger partial charge in [0.05, 0.1) is 5.44 Å². The topological polar surface area (TPSA) is 20.2 Å². The molecule has 0 aromatic rings. The maximum Gasteiger partial charge on any atom is 0.106 e. The van der Waals surface area contributed by atoms with E-state index in [0.29, 0.717) is 5.92 Å². The molecule has 1 nitrogen and oxygen atoms in total. The van der Waals surface area contributed by atoms with Gasteiger partial charge in [0.2, 0.25) is 0 Å². The van der Waals surface area contributed by atoms with Crippen molar-refractivity contribution in [1.29, 1.82) is 0 Å². The Bertz CT molecular complexity index is 336. The van der Waals surface area contributed by atoms with Crippen LogP contribution >= 0.6 is 12.6 Å². The van der Waals surface area contributed by atoms with E-state index in [1.54, 1.807) is 0 Å². The van der Waals surface area contributed by atoms with E-state index < -0.39 is 5.44 Å². The number of hydrogen-bond acceptors (Lipinski definition) is 2. The van der Waals surface area contributed by atoms with Crippen LogP contribution in [0.1, 0.15) is 71.1 Å². The first-order chi connectivity index (χ1) is 10.6. The summed E-state index contributed by atoms with van der Waals surface area (Å²) in [6.07, 6.45) is 17.7. The van der Waals surface area contributed by atoms with Crippen molar-refractivity contribution in [3.8, 4) is 0 Å². The Morgan fingerprint density at radius 3 is 2.45 bits per heavy atom. The number of hydrogen-bond donors (Lipinski definition) is 2. The lowest BCUT2D eigenvalue weighted by Gasteiger charge is -2.29. The lowest BCUT2D eigenvalue weighted by atomic mass is 9.68. The molecule has 0 amide bonds. The van der Waals surface area contributed by atoms with Gasteiger partial charge in [-0.2, -0.15) is 0 Å². The largest absolute Gasteiger partial charge is 0.382 e. The molecule has 0 radical (unpaired) electrons. The SMILES string of the molecule is BC(C1CC1)C(CC)CC(CCC/C=C/C1CCC1)C(O)S. The molecule has 2 aliphatic carbocycles. The molecule has 22 heavy (non-hydrogen) atoms. The third-order valence-electron chi connectivity index (χ3n) is 6.16. The van der Waals surface area contributed by atoms with Gasteiger partial charge in [0, 0.05) is 0 Å². The molecule has 3 heteroatoms. The first kappa shape index (κ1) is 18.5. The molecule has 4 unspecified atom stereocenters. The van der Waals surface area contributed by atoms with Gasteiger partial charge in [-0.3, -0.25) is 0 Å². The molecule has 2 rings (SSSR count). The van der Waals surface area contributed by atoms with Crippen molar-refractivity contribution in [2.45, 2.75) is 82.4 Å². The fourth-order valence-corrected chi connectivity index (χ4v) is 4.23. The lowest BCUT2D eigenvalue weighted by Crippen LogP contribution is -2.22. The Kier molecular flexibility index (Phi) is 7.90. The van der Waals surface area contributed by atoms with Gasteiger partial charge in [-0.15, -0.1) is 12.6 Å². The first-order valence-corrected chi connectivity index (χ1v) is 10.2. The highest BCUT2D eigenvalue weighted by molar-refractivity contribution is 7.80. The predicted molar refractivity (Wildman–Crippen MR) is 102 cm³/mol. The minimum atomic E-state index is -0.448. The number of thiol groups is 1. The smallest absolute Gasteiger partial charge is 0.106 e. The molecule has 0 aromatic carbocycles. The zero-order valence-corrected chi connectivity index (χ0v) is 15.5. The van der Waals surface area contributed by atoms with Crippen LogP contribution in [0.15, 0.2) is 12.2 Å². The van der Waals surface area contributed by atoms with Crippen LogP contribution in [0.25, 0.3) is 0 Å². The minimum absolute atomic E-state index is 0.367. The van der Waals surface area contributed by atoms with Crippen molar-refractivity contribution in [1.82, 2.24) is 0 Å². The summed E-state index contributed by atoms with van der Waals surface area (Å²) in [7, 11) is 2.43. The van der Waals surface area contributed by atoms with E-state index in [4.69, 9.17) is 0 Å². The highest BCUT2D eigenvalue weighted by Gasteiger charge is 2.33. The Balaban J connectivity index is 1.69. The highest BCUT2D eigenvalue weighted by Crippen LogP contribution is 2.46. The van der Waals surface area contributed by atoms with Crippen LogP contribution in [-0.4, -0.2) is 18.4 Å². The summed E-state index contributed by atoms with van der Waals surface area (Å²) in [6.45, 7) is 2.31. The quantitative estimate of drug-likeness (QED) is 0.187. The summed E-state index contributed by atoms with van der Waals surface area (Å²) in [5, 5.41) is 10.0. The fourth-order valence-electron chi connectivity index (χ4n) is 3.96. The van der Waals surface area contributed by atoms with Crippen LogP contribution in [0.2, 0.25) is 5.82 Å². The number of rotatable bonds is 11. The summed E-state index contributed by atoms with van der Waals surface area (Å²) in [4.78, 5) is 0. The van der Waals surface area contributed by atoms with Crippen molar-refractivity contribution in [2.75, 3.05) is 0 Å². The van der Waals surface area contributed by atoms with E-state index in [1.807, 2.05) is 0 Å². The van der Waals surface area contributed by atoms with Gasteiger partial charge in [0.15, 0.2) is 0 Å². The second-order valence-corrected chi connectivity index (χ2v) is 8.35. The van der Waals surface area contributed by atoms with Crippen LogP contribution < -0.4 is 0 Å². The molecule has 2 saturated carbocycles. The molecular formula is C19H35BOS. The van der Waals surface area contributed by atoms with Crippen molar-refractivity contribution in [2.24, 2.45) is 23.7 Å². The Labute approximate surface area is 144 Å². The van der Waals surface area contributed by atoms with E-state index in [1.165, 1.54) is 51.4 Å². The van der Waals surface area contributed by atoms with Crippen molar-refractivity contribution >= 4 is 20.5 Å². The van der Waals surface area contributed by atoms with Crippen molar-refractivity contribution in [3.05, 3.63) is 12.2 Å². The zero-order chi connectivity index (χ0) is 15.9. The standard InChI is InChI=1S/C19H35BOS/c1-2-15(18(20)16-11-12-16)13-17(19(21)22)10-5-3-4-7-14-8-6-9-14/h4,7,14-19,21-22H,2-3,5-6,8-13,20H2,1H3/b7-4+. The molecule has 126 valence electrons. The van der Waals surface area contributed by atoms with Gasteiger partial charge >= 0.3 is 0 Å². The molecule has 2 fully saturated rings. The Morgan fingerprint density at radius 2 is 1.95 bits per heavy atom. The lowest BCUT2D eigenvalue weighted by molar-refractivity contribution is 0.157. The molecule has 0 heterocycles.